The molecule has 0 unspecified atom stereocenters. The molecular weight excluding hydrogens is 1470 g/mol. The van der Waals surface area contributed by atoms with E-state index >= 15 is 0 Å². The molecule has 0 saturated carbocycles. The lowest BCUT2D eigenvalue weighted by Crippen LogP contribution is -2.00. The lowest BCUT2D eigenvalue weighted by Gasteiger charge is -2.14. The van der Waals surface area contributed by atoms with Crippen LogP contribution in [0.5, 0.6) is 0 Å². The highest BCUT2D eigenvalue weighted by Crippen LogP contribution is 2.39. The van der Waals surface area contributed by atoms with Gasteiger partial charge >= 0.3 is 0 Å². The normalized spacial score (nSPS) is 11.0. The fourth-order valence-electron chi connectivity index (χ4n) is 14.4. The SMILES string of the molecule is c1ccc(-c2cc(-c3ccc(-c4nc(-c5ccccc5)cc(-c5ccccc5)n4)cn3)nc(-c3cc(-c4cc(-c5ccccc5)nc(-c5ccccc5)n4)ccn3)c2)cc1.c1ccc(-c2cc(-c3ccc(-c4nc(-c5ccccc5)cc(-c5ccccc5)n4)cn3)nc(-c3ncccc3-c3cc(-c4ccccc4)nc(-c4ccccc4)n3)c2)cc1. The first kappa shape index (κ1) is 73.6. The van der Waals surface area contributed by atoms with Crippen LogP contribution in [-0.4, -0.2) is 69.8 Å². The minimum Gasteiger partial charge on any atom is -0.255 e. The van der Waals surface area contributed by atoms with Crippen LogP contribution < -0.4 is 0 Å². The van der Waals surface area contributed by atoms with Crippen molar-refractivity contribution in [2.45, 2.75) is 0 Å². The highest BCUT2D eigenvalue weighted by Gasteiger charge is 2.22. The van der Waals surface area contributed by atoms with Crippen molar-refractivity contribution in [3.63, 3.8) is 0 Å². The minimum absolute atomic E-state index is 0.591. The Morgan fingerprint density at radius 3 is 0.742 bits per heavy atom. The molecule has 10 aromatic carbocycles. The van der Waals surface area contributed by atoms with Crippen molar-refractivity contribution in [1.29, 1.82) is 0 Å². The smallest absolute Gasteiger partial charge is 0.161 e. The molecule has 0 aliphatic rings. The van der Waals surface area contributed by atoms with Gasteiger partial charge in [-0.05, 0) is 119 Å². The summed E-state index contributed by atoms with van der Waals surface area (Å²) in [4.78, 5) is 70.4. The summed E-state index contributed by atoms with van der Waals surface area (Å²) < 4.78 is 0. The Bertz CT molecular complexity index is 6720. The Labute approximate surface area is 694 Å². The largest absolute Gasteiger partial charge is 0.255 e. The maximum absolute atomic E-state index is 5.26. The fraction of sp³-hybridized carbons (Fsp3) is 0. The fourth-order valence-corrected chi connectivity index (χ4v) is 14.4. The van der Waals surface area contributed by atoms with Crippen molar-refractivity contribution in [2.24, 2.45) is 0 Å². The van der Waals surface area contributed by atoms with Gasteiger partial charge in [0.2, 0.25) is 0 Å². The molecule has 120 heavy (non-hydrogen) atoms. The third-order valence-corrected chi connectivity index (χ3v) is 20.5. The molecule has 0 N–H and O–H groups in total. The maximum atomic E-state index is 5.26. The quantitative estimate of drug-likeness (QED) is 0.0791. The third kappa shape index (κ3) is 16.6. The van der Waals surface area contributed by atoms with Crippen LogP contribution in [0.25, 0.3) is 203 Å². The molecule has 14 nitrogen and oxygen atoms in total. The standard InChI is InChI=1S/2C53H35N7/c1-6-17-36(18-7-1)42-31-49(44-29-28-41(35-55-44)53-58-45(37-19-8-2-9-20-37)33-46(59-53)38-21-10-3-11-22-38)56-50(32-42)51-43(27-16-30-54-51)48-34-47(39-23-12-4-13-24-39)57-52(60-48)40-25-14-5-15-26-40;1-6-16-36(17-7-1)43-31-50(44-27-26-42(35-55-44)53-58-45(37-18-8-2-9-19-37)33-46(59-53)38-20-10-3-11-21-38)56-51(32-43)49-30-41(28-29-54-49)48-34-47(39-22-12-4-13-23-39)57-52(60-48)40-24-14-5-15-25-40/h2*1-35H. The predicted octanol–water partition coefficient (Wildman–Crippen LogP) is 24.9. The molecule has 0 aliphatic heterocycles. The molecule has 0 aliphatic carbocycles. The lowest BCUT2D eigenvalue weighted by atomic mass is 9.99. The molecule has 0 radical (unpaired) electrons. The molecule has 20 aromatic rings. The van der Waals surface area contributed by atoms with Gasteiger partial charge in [-0.25, -0.2) is 49.8 Å². The van der Waals surface area contributed by atoms with Crippen molar-refractivity contribution >= 4 is 0 Å². The van der Waals surface area contributed by atoms with Crippen molar-refractivity contribution in [1.82, 2.24) is 69.8 Å². The molecular formula is C106H70N14. The van der Waals surface area contributed by atoms with Crippen LogP contribution >= 0.6 is 0 Å². The Morgan fingerprint density at radius 1 is 0.125 bits per heavy atom. The molecule has 10 aromatic heterocycles. The van der Waals surface area contributed by atoms with Crippen molar-refractivity contribution in [3.8, 4) is 203 Å². The summed E-state index contributed by atoms with van der Waals surface area (Å²) in [5.41, 5.74) is 27.6. The second-order valence-electron chi connectivity index (χ2n) is 28.5. The summed E-state index contributed by atoms with van der Waals surface area (Å²) in [7, 11) is 0. The second kappa shape index (κ2) is 34.2. The molecule has 0 bridgehead atoms. The maximum Gasteiger partial charge on any atom is 0.161 e. The molecule has 20 rings (SSSR count). The van der Waals surface area contributed by atoms with Crippen LogP contribution in [-0.2, 0) is 0 Å². The Balaban J connectivity index is 0.000000159. The Kier molecular flexibility index (Phi) is 21.0. The Morgan fingerprint density at radius 2 is 0.400 bits per heavy atom. The van der Waals surface area contributed by atoms with Gasteiger partial charge in [-0.15, -0.1) is 0 Å². The number of aromatic nitrogens is 14. The van der Waals surface area contributed by atoms with Gasteiger partial charge in [0.05, 0.1) is 91.1 Å². The zero-order valence-corrected chi connectivity index (χ0v) is 64.7. The lowest BCUT2D eigenvalue weighted by molar-refractivity contribution is 1.16. The summed E-state index contributed by atoms with van der Waals surface area (Å²) in [6, 6.07) is 134. The summed E-state index contributed by atoms with van der Waals surface area (Å²) in [6.45, 7) is 0. The summed E-state index contributed by atoms with van der Waals surface area (Å²) in [5.74, 6) is 2.47. The molecule has 10 heterocycles. The topological polar surface area (TPSA) is 180 Å². The monoisotopic (exact) mass is 1540 g/mol. The number of hydrogen-bond donors (Lipinski definition) is 0. The highest BCUT2D eigenvalue weighted by atomic mass is 14.9. The van der Waals surface area contributed by atoms with Gasteiger partial charge in [-0.2, -0.15) is 0 Å². The van der Waals surface area contributed by atoms with E-state index in [-0.39, 0.29) is 0 Å². The van der Waals surface area contributed by atoms with E-state index in [4.69, 9.17) is 69.8 Å². The zero-order valence-electron chi connectivity index (χ0n) is 64.7. The average Bonchev–Trinajstić information content (AvgIpc) is 0.775. The molecule has 14 heteroatoms. The second-order valence-corrected chi connectivity index (χ2v) is 28.5. The molecule has 0 saturated heterocycles. The van der Waals surface area contributed by atoms with Crippen LogP contribution in [0.4, 0.5) is 0 Å². The predicted molar refractivity (Wildman–Crippen MR) is 480 cm³/mol. The first-order valence-electron chi connectivity index (χ1n) is 39.4. The van der Waals surface area contributed by atoms with Gasteiger partial charge < -0.3 is 0 Å². The molecule has 0 amide bonds. The van der Waals surface area contributed by atoms with E-state index in [1.54, 1.807) is 6.20 Å². The van der Waals surface area contributed by atoms with Crippen LogP contribution in [0.1, 0.15) is 0 Å². The first-order chi connectivity index (χ1) is 59.4. The minimum atomic E-state index is 0.591. The van der Waals surface area contributed by atoms with Gasteiger partial charge in [-0.1, -0.05) is 303 Å². The molecule has 0 atom stereocenters. The van der Waals surface area contributed by atoms with E-state index < -0.39 is 0 Å². The van der Waals surface area contributed by atoms with E-state index in [2.05, 4.69) is 121 Å². The number of nitrogens with zero attached hydrogens (tertiary/aromatic N) is 14. The zero-order chi connectivity index (χ0) is 80.2. The first-order valence-corrected chi connectivity index (χ1v) is 39.4. The van der Waals surface area contributed by atoms with E-state index in [1.165, 1.54) is 0 Å². The van der Waals surface area contributed by atoms with Crippen molar-refractivity contribution in [2.75, 3.05) is 0 Å². The van der Waals surface area contributed by atoms with Crippen molar-refractivity contribution < 1.29 is 0 Å². The van der Waals surface area contributed by atoms with Gasteiger partial charge in [0.1, 0.15) is 0 Å². The molecule has 0 spiro atoms. The number of rotatable bonds is 18. The van der Waals surface area contributed by atoms with E-state index in [0.717, 1.165) is 135 Å². The number of pyridine rings is 6. The van der Waals surface area contributed by atoms with E-state index in [9.17, 15) is 0 Å². The van der Waals surface area contributed by atoms with Gasteiger partial charge in [0.15, 0.2) is 23.3 Å². The van der Waals surface area contributed by atoms with E-state index in [1.807, 2.05) is 298 Å². The van der Waals surface area contributed by atoms with E-state index in [0.29, 0.717) is 68.8 Å². The summed E-state index contributed by atoms with van der Waals surface area (Å²) in [5, 5.41) is 0. The highest BCUT2D eigenvalue weighted by molar-refractivity contribution is 5.86. The van der Waals surface area contributed by atoms with Gasteiger partial charge in [0, 0.05) is 91.5 Å². The average molecular weight is 1540 g/mol. The number of hydrogen-bond acceptors (Lipinski definition) is 14. The number of benzene rings is 10. The summed E-state index contributed by atoms with van der Waals surface area (Å²) in [6.07, 6.45) is 7.27. The van der Waals surface area contributed by atoms with Crippen molar-refractivity contribution in [3.05, 3.63) is 425 Å². The van der Waals surface area contributed by atoms with Crippen LogP contribution in [0.3, 0.4) is 0 Å². The van der Waals surface area contributed by atoms with Crippen LogP contribution in [0.2, 0.25) is 0 Å². The molecule has 0 fully saturated rings. The Hall–Kier alpha value is -16.6. The van der Waals surface area contributed by atoms with Crippen LogP contribution in [0.15, 0.2) is 425 Å². The van der Waals surface area contributed by atoms with Crippen LogP contribution in [0, 0.1) is 0 Å². The summed E-state index contributed by atoms with van der Waals surface area (Å²) >= 11 is 0. The van der Waals surface area contributed by atoms with Gasteiger partial charge in [-0.3, -0.25) is 19.9 Å². The van der Waals surface area contributed by atoms with Gasteiger partial charge in [0.25, 0.3) is 0 Å². The molecule has 564 valence electrons. The third-order valence-electron chi connectivity index (χ3n) is 20.5.